The molecule has 0 aromatic heterocycles. The van der Waals surface area contributed by atoms with Crippen molar-refractivity contribution in [3.8, 4) is 0 Å². The normalized spacial score (nSPS) is 23.0. The van der Waals surface area contributed by atoms with Crippen LogP contribution < -0.4 is 5.73 Å². The van der Waals surface area contributed by atoms with Crippen LogP contribution in [0.5, 0.6) is 0 Å². The highest BCUT2D eigenvalue weighted by Crippen LogP contribution is 2.21. The fourth-order valence-electron chi connectivity index (χ4n) is 2.61. The van der Waals surface area contributed by atoms with Gasteiger partial charge in [-0.2, -0.15) is 0 Å². The van der Waals surface area contributed by atoms with Crippen LogP contribution in [0.1, 0.15) is 12.0 Å². The first-order valence-electron chi connectivity index (χ1n) is 6.88. The second-order valence-electron chi connectivity index (χ2n) is 5.23. The summed E-state index contributed by atoms with van der Waals surface area (Å²) in [5.74, 6) is -1.36. The molecule has 1 heterocycles. The van der Waals surface area contributed by atoms with Crippen molar-refractivity contribution < 1.29 is 19.4 Å². The summed E-state index contributed by atoms with van der Waals surface area (Å²) in [5, 5.41) is 9.23. The lowest BCUT2D eigenvalue weighted by Crippen LogP contribution is -2.49. The molecule has 1 saturated heterocycles. The highest BCUT2D eigenvalue weighted by atomic mass is 16.5. The molecular weight excluding hydrogens is 272 g/mol. The molecule has 1 aromatic carbocycles. The lowest BCUT2D eigenvalue weighted by molar-refractivity contribution is -0.148. The molecule has 0 bridgehead atoms. The van der Waals surface area contributed by atoms with Gasteiger partial charge in [0.1, 0.15) is 6.04 Å². The van der Waals surface area contributed by atoms with Crippen molar-refractivity contribution in [2.45, 2.75) is 31.0 Å². The zero-order valence-electron chi connectivity index (χ0n) is 11.9. The largest absolute Gasteiger partial charge is 0.480 e. The topological polar surface area (TPSA) is 92.9 Å². The molecule has 0 aliphatic carbocycles. The van der Waals surface area contributed by atoms with Crippen LogP contribution >= 0.6 is 0 Å². The van der Waals surface area contributed by atoms with E-state index in [1.807, 2.05) is 30.3 Å². The summed E-state index contributed by atoms with van der Waals surface area (Å²) in [6.45, 7) is 0.273. The summed E-state index contributed by atoms with van der Waals surface area (Å²) in [6, 6.07) is 7.83. The maximum absolute atomic E-state index is 12.4. The van der Waals surface area contributed by atoms with E-state index in [2.05, 4.69) is 0 Å². The number of nitrogens with zero attached hydrogens (tertiary/aromatic N) is 1. The summed E-state index contributed by atoms with van der Waals surface area (Å²) < 4.78 is 5.17. The van der Waals surface area contributed by atoms with Crippen molar-refractivity contribution in [3.05, 3.63) is 35.9 Å². The minimum atomic E-state index is -1.02. The molecule has 3 atom stereocenters. The third kappa shape index (κ3) is 3.59. The SMILES string of the molecule is COC1CC(C(=O)O)N(C(=O)C(N)Cc2ccccc2)C1. The highest BCUT2D eigenvalue weighted by molar-refractivity contribution is 5.87. The Morgan fingerprint density at radius 1 is 1.43 bits per heavy atom. The van der Waals surface area contributed by atoms with Crippen LogP contribution in [-0.4, -0.2) is 53.7 Å². The van der Waals surface area contributed by atoms with Gasteiger partial charge in [0.15, 0.2) is 0 Å². The van der Waals surface area contributed by atoms with E-state index >= 15 is 0 Å². The van der Waals surface area contributed by atoms with Gasteiger partial charge in [0, 0.05) is 20.1 Å². The van der Waals surface area contributed by atoms with Crippen LogP contribution in [-0.2, 0) is 20.7 Å². The molecular formula is C15H20N2O4. The Kier molecular flexibility index (Phi) is 4.93. The molecule has 6 heteroatoms. The predicted molar refractivity (Wildman–Crippen MR) is 76.7 cm³/mol. The summed E-state index contributed by atoms with van der Waals surface area (Å²) in [4.78, 5) is 25.0. The number of carbonyl (C=O) groups excluding carboxylic acids is 1. The fourth-order valence-corrected chi connectivity index (χ4v) is 2.61. The number of ether oxygens (including phenoxy) is 1. The van der Waals surface area contributed by atoms with Crippen molar-refractivity contribution in [1.82, 2.24) is 4.90 Å². The maximum atomic E-state index is 12.4. The Morgan fingerprint density at radius 3 is 2.67 bits per heavy atom. The van der Waals surface area contributed by atoms with Crippen LogP contribution in [0.4, 0.5) is 0 Å². The van der Waals surface area contributed by atoms with Crippen molar-refractivity contribution in [2.75, 3.05) is 13.7 Å². The van der Waals surface area contributed by atoms with Gasteiger partial charge >= 0.3 is 5.97 Å². The lowest BCUT2D eigenvalue weighted by atomic mass is 10.1. The zero-order chi connectivity index (χ0) is 15.4. The number of carboxylic acids is 1. The average Bonchev–Trinajstić information content (AvgIpc) is 2.92. The van der Waals surface area contributed by atoms with Crippen LogP contribution in [0.25, 0.3) is 0 Å². The molecule has 1 aromatic rings. The number of nitrogens with two attached hydrogens (primary N) is 1. The van der Waals surface area contributed by atoms with Gasteiger partial charge in [-0.3, -0.25) is 4.79 Å². The molecule has 1 amide bonds. The maximum Gasteiger partial charge on any atom is 0.326 e. The van der Waals surface area contributed by atoms with Gasteiger partial charge in [0.2, 0.25) is 5.91 Å². The van der Waals surface area contributed by atoms with Gasteiger partial charge < -0.3 is 20.5 Å². The van der Waals surface area contributed by atoms with Gasteiger partial charge in [0.05, 0.1) is 12.1 Å². The fraction of sp³-hybridized carbons (Fsp3) is 0.467. The number of aliphatic carboxylic acids is 1. The molecule has 1 aliphatic heterocycles. The number of benzene rings is 1. The van der Waals surface area contributed by atoms with E-state index in [1.165, 1.54) is 12.0 Å². The third-order valence-electron chi connectivity index (χ3n) is 3.78. The number of hydrogen-bond acceptors (Lipinski definition) is 4. The molecule has 1 fully saturated rings. The average molecular weight is 292 g/mol. The molecule has 1 aliphatic rings. The molecule has 0 radical (unpaired) electrons. The minimum Gasteiger partial charge on any atom is -0.480 e. The number of likely N-dealkylation sites (tertiary alicyclic amines) is 1. The molecule has 0 saturated carbocycles. The molecule has 21 heavy (non-hydrogen) atoms. The molecule has 114 valence electrons. The van der Waals surface area contributed by atoms with Crippen molar-refractivity contribution in [3.63, 3.8) is 0 Å². The summed E-state index contributed by atoms with van der Waals surface area (Å²) in [7, 11) is 1.52. The van der Waals surface area contributed by atoms with Crippen molar-refractivity contribution in [2.24, 2.45) is 5.73 Å². The first-order valence-corrected chi connectivity index (χ1v) is 6.88. The van der Waals surface area contributed by atoms with Gasteiger partial charge in [-0.1, -0.05) is 30.3 Å². The van der Waals surface area contributed by atoms with E-state index in [0.29, 0.717) is 12.8 Å². The number of amides is 1. The molecule has 6 nitrogen and oxygen atoms in total. The molecule has 0 spiro atoms. The van der Waals surface area contributed by atoms with Gasteiger partial charge in [-0.25, -0.2) is 4.79 Å². The highest BCUT2D eigenvalue weighted by Gasteiger charge is 2.41. The monoisotopic (exact) mass is 292 g/mol. The Hall–Kier alpha value is -1.92. The third-order valence-corrected chi connectivity index (χ3v) is 3.78. The number of methoxy groups -OCH3 is 1. The van der Waals surface area contributed by atoms with E-state index < -0.39 is 18.1 Å². The zero-order valence-corrected chi connectivity index (χ0v) is 11.9. The van der Waals surface area contributed by atoms with Crippen LogP contribution in [0, 0.1) is 0 Å². The first kappa shape index (κ1) is 15.5. The van der Waals surface area contributed by atoms with E-state index in [9.17, 15) is 14.7 Å². The van der Waals surface area contributed by atoms with E-state index in [4.69, 9.17) is 10.5 Å². The standard InChI is InChI=1S/C15H20N2O4/c1-21-11-8-13(15(19)20)17(9-11)14(18)12(16)7-10-5-3-2-4-6-10/h2-6,11-13H,7-9,16H2,1H3,(H,19,20). The predicted octanol–water partition coefficient (Wildman–Crippen LogP) is 0.257. The minimum absolute atomic E-state index is 0.251. The smallest absolute Gasteiger partial charge is 0.326 e. The van der Waals surface area contributed by atoms with Crippen LogP contribution in [0.3, 0.4) is 0 Å². The molecule has 3 unspecified atom stereocenters. The van der Waals surface area contributed by atoms with Gasteiger partial charge in [-0.15, -0.1) is 0 Å². The summed E-state index contributed by atoms with van der Waals surface area (Å²) in [6.07, 6.45) is 0.439. The summed E-state index contributed by atoms with van der Waals surface area (Å²) >= 11 is 0. The van der Waals surface area contributed by atoms with E-state index in [0.717, 1.165) is 5.56 Å². The Bertz CT molecular complexity index is 506. The Labute approximate surface area is 123 Å². The second-order valence-corrected chi connectivity index (χ2v) is 5.23. The number of rotatable bonds is 5. The van der Waals surface area contributed by atoms with Gasteiger partial charge in [-0.05, 0) is 12.0 Å². The van der Waals surface area contributed by atoms with E-state index in [-0.39, 0.29) is 18.6 Å². The number of carbonyl (C=O) groups is 2. The van der Waals surface area contributed by atoms with Crippen LogP contribution in [0.15, 0.2) is 30.3 Å². The lowest BCUT2D eigenvalue weighted by Gasteiger charge is -2.24. The van der Waals surface area contributed by atoms with Gasteiger partial charge in [0.25, 0.3) is 0 Å². The summed E-state index contributed by atoms with van der Waals surface area (Å²) in [5.41, 5.74) is 6.90. The quantitative estimate of drug-likeness (QED) is 0.812. The van der Waals surface area contributed by atoms with E-state index in [1.54, 1.807) is 0 Å². The first-order chi connectivity index (χ1) is 10.0. The Balaban J connectivity index is 2.05. The second kappa shape index (κ2) is 6.69. The number of hydrogen-bond donors (Lipinski definition) is 2. The van der Waals surface area contributed by atoms with Crippen molar-refractivity contribution in [1.29, 1.82) is 0 Å². The van der Waals surface area contributed by atoms with Crippen molar-refractivity contribution >= 4 is 11.9 Å². The Morgan fingerprint density at radius 2 is 2.10 bits per heavy atom. The van der Waals surface area contributed by atoms with Crippen LogP contribution in [0.2, 0.25) is 0 Å². The number of carboxylic acid groups (broad SMARTS) is 1. The molecule has 3 N–H and O–H groups in total. The molecule has 2 rings (SSSR count).